The zero-order valence-corrected chi connectivity index (χ0v) is 10.9. The molecule has 0 spiro atoms. The van der Waals surface area contributed by atoms with E-state index in [-0.39, 0.29) is 11.9 Å². The van der Waals surface area contributed by atoms with Crippen molar-refractivity contribution in [3.8, 4) is 0 Å². The number of nitrogens with two attached hydrogens (primary N) is 1. The molecule has 2 rings (SSSR count). The summed E-state index contributed by atoms with van der Waals surface area (Å²) in [5.41, 5.74) is 7.89. The fraction of sp³-hybridized carbons (Fsp3) is 0.500. The summed E-state index contributed by atoms with van der Waals surface area (Å²) < 4.78 is 0. The number of nitrogens with zero attached hydrogens (tertiary/aromatic N) is 1. The van der Waals surface area contributed by atoms with E-state index in [2.05, 4.69) is 10.2 Å². The number of hydrogen-bond donors (Lipinski definition) is 2. The lowest BCUT2D eigenvalue weighted by Crippen LogP contribution is -2.44. The summed E-state index contributed by atoms with van der Waals surface area (Å²) in [5, 5.41) is 2.97. The van der Waals surface area contributed by atoms with Gasteiger partial charge in [0, 0.05) is 25.8 Å². The second-order valence-corrected chi connectivity index (χ2v) is 4.75. The Morgan fingerprint density at radius 3 is 2.94 bits per heavy atom. The molecule has 0 saturated carbocycles. The van der Waals surface area contributed by atoms with Gasteiger partial charge in [-0.1, -0.05) is 18.2 Å². The van der Waals surface area contributed by atoms with Gasteiger partial charge in [-0.05, 0) is 30.9 Å². The Bertz CT molecular complexity index is 419. The lowest BCUT2D eigenvalue weighted by molar-refractivity contribution is -0.122. The maximum absolute atomic E-state index is 12.0. The SMILES string of the molecule is CN(c1ccccc1CN)C1CCCCNC1=O. The summed E-state index contributed by atoms with van der Waals surface area (Å²) in [5.74, 6) is 0.127. The Kier molecular flexibility index (Phi) is 4.20. The van der Waals surface area contributed by atoms with Crippen LogP contribution in [0.2, 0.25) is 0 Å². The molecule has 0 aliphatic carbocycles. The van der Waals surface area contributed by atoms with E-state index in [1.54, 1.807) is 0 Å². The fourth-order valence-electron chi connectivity index (χ4n) is 2.49. The van der Waals surface area contributed by atoms with Gasteiger partial charge in [-0.25, -0.2) is 0 Å². The minimum atomic E-state index is -0.0831. The van der Waals surface area contributed by atoms with E-state index in [0.717, 1.165) is 37.1 Å². The molecule has 1 aromatic carbocycles. The van der Waals surface area contributed by atoms with Crippen molar-refractivity contribution < 1.29 is 4.79 Å². The van der Waals surface area contributed by atoms with E-state index in [9.17, 15) is 4.79 Å². The van der Waals surface area contributed by atoms with Crippen LogP contribution in [-0.4, -0.2) is 25.5 Å². The number of carbonyl (C=O) groups excluding carboxylic acids is 1. The number of amides is 1. The average Bonchev–Trinajstić information content (AvgIpc) is 2.62. The molecule has 98 valence electrons. The van der Waals surface area contributed by atoms with Crippen LogP contribution in [0.3, 0.4) is 0 Å². The van der Waals surface area contributed by atoms with Crippen LogP contribution in [0.4, 0.5) is 5.69 Å². The van der Waals surface area contributed by atoms with Gasteiger partial charge in [-0.3, -0.25) is 4.79 Å². The predicted molar refractivity (Wildman–Crippen MR) is 73.4 cm³/mol. The van der Waals surface area contributed by atoms with Crippen LogP contribution in [0.25, 0.3) is 0 Å². The second-order valence-electron chi connectivity index (χ2n) is 4.75. The van der Waals surface area contributed by atoms with Gasteiger partial charge < -0.3 is 16.0 Å². The average molecular weight is 247 g/mol. The molecule has 4 nitrogen and oxygen atoms in total. The molecule has 1 aliphatic heterocycles. The number of hydrogen-bond acceptors (Lipinski definition) is 3. The zero-order chi connectivity index (χ0) is 13.0. The van der Waals surface area contributed by atoms with Crippen molar-refractivity contribution in [1.82, 2.24) is 5.32 Å². The highest BCUT2D eigenvalue weighted by molar-refractivity contribution is 5.85. The molecule has 1 atom stereocenters. The van der Waals surface area contributed by atoms with Crippen LogP contribution >= 0.6 is 0 Å². The molecule has 1 saturated heterocycles. The van der Waals surface area contributed by atoms with Crippen molar-refractivity contribution >= 4 is 11.6 Å². The number of likely N-dealkylation sites (N-methyl/N-ethyl adjacent to an activating group) is 1. The molecular formula is C14H21N3O. The van der Waals surface area contributed by atoms with Gasteiger partial charge in [0.25, 0.3) is 0 Å². The Hall–Kier alpha value is -1.55. The van der Waals surface area contributed by atoms with Gasteiger partial charge in [0.1, 0.15) is 6.04 Å². The third-order valence-corrected chi connectivity index (χ3v) is 3.57. The van der Waals surface area contributed by atoms with Crippen LogP contribution < -0.4 is 16.0 Å². The summed E-state index contributed by atoms with van der Waals surface area (Å²) >= 11 is 0. The van der Waals surface area contributed by atoms with Gasteiger partial charge in [0.05, 0.1) is 0 Å². The van der Waals surface area contributed by atoms with E-state index in [1.807, 2.05) is 31.3 Å². The van der Waals surface area contributed by atoms with E-state index >= 15 is 0 Å². The monoisotopic (exact) mass is 247 g/mol. The third-order valence-electron chi connectivity index (χ3n) is 3.57. The van der Waals surface area contributed by atoms with Crippen LogP contribution in [-0.2, 0) is 11.3 Å². The van der Waals surface area contributed by atoms with Gasteiger partial charge in [0.2, 0.25) is 5.91 Å². The molecule has 1 amide bonds. The molecule has 0 radical (unpaired) electrons. The largest absolute Gasteiger partial charge is 0.362 e. The minimum Gasteiger partial charge on any atom is -0.362 e. The Labute approximate surface area is 108 Å². The number of anilines is 1. The predicted octanol–water partition coefficient (Wildman–Crippen LogP) is 1.25. The number of nitrogens with one attached hydrogen (secondary N) is 1. The van der Waals surface area contributed by atoms with Crippen LogP contribution in [0.5, 0.6) is 0 Å². The molecule has 1 heterocycles. The quantitative estimate of drug-likeness (QED) is 0.845. The highest BCUT2D eigenvalue weighted by Gasteiger charge is 2.25. The summed E-state index contributed by atoms with van der Waals surface area (Å²) in [6.07, 6.45) is 3.05. The first-order valence-corrected chi connectivity index (χ1v) is 6.52. The van der Waals surface area contributed by atoms with Crippen molar-refractivity contribution in [1.29, 1.82) is 0 Å². The molecule has 1 fully saturated rings. The van der Waals surface area contributed by atoms with Crippen molar-refractivity contribution in [3.63, 3.8) is 0 Å². The second kappa shape index (κ2) is 5.87. The lowest BCUT2D eigenvalue weighted by atomic mass is 10.1. The Morgan fingerprint density at radius 2 is 2.17 bits per heavy atom. The van der Waals surface area contributed by atoms with Crippen LogP contribution in [0.15, 0.2) is 24.3 Å². The maximum atomic E-state index is 12.0. The van der Waals surface area contributed by atoms with Crippen molar-refractivity contribution in [2.75, 3.05) is 18.5 Å². The van der Waals surface area contributed by atoms with E-state index in [4.69, 9.17) is 5.73 Å². The van der Waals surface area contributed by atoms with Crippen molar-refractivity contribution in [3.05, 3.63) is 29.8 Å². The molecular weight excluding hydrogens is 226 g/mol. The molecule has 0 aromatic heterocycles. The minimum absolute atomic E-state index is 0.0831. The smallest absolute Gasteiger partial charge is 0.242 e. The summed E-state index contributed by atoms with van der Waals surface area (Å²) in [4.78, 5) is 14.1. The normalized spacial score (nSPS) is 20.1. The highest BCUT2D eigenvalue weighted by atomic mass is 16.2. The lowest BCUT2D eigenvalue weighted by Gasteiger charge is -2.29. The highest BCUT2D eigenvalue weighted by Crippen LogP contribution is 2.23. The van der Waals surface area contributed by atoms with Gasteiger partial charge in [-0.15, -0.1) is 0 Å². The molecule has 1 unspecified atom stereocenters. The third kappa shape index (κ3) is 2.64. The van der Waals surface area contributed by atoms with Crippen LogP contribution in [0, 0.1) is 0 Å². The first kappa shape index (κ1) is 12.9. The molecule has 1 aliphatic rings. The summed E-state index contributed by atoms with van der Waals surface area (Å²) in [6.45, 7) is 1.29. The fourth-order valence-corrected chi connectivity index (χ4v) is 2.49. The summed E-state index contributed by atoms with van der Waals surface area (Å²) in [6, 6.07) is 7.92. The first-order valence-electron chi connectivity index (χ1n) is 6.52. The van der Waals surface area contributed by atoms with E-state index in [0.29, 0.717) is 6.54 Å². The maximum Gasteiger partial charge on any atom is 0.242 e. The van der Waals surface area contributed by atoms with Gasteiger partial charge in [0.15, 0.2) is 0 Å². The Morgan fingerprint density at radius 1 is 1.39 bits per heavy atom. The summed E-state index contributed by atoms with van der Waals surface area (Å²) in [7, 11) is 1.98. The topological polar surface area (TPSA) is 58.4 Å². The number of benzene rings is 1. The van der Waals surface area contributed by atoms with Crippen LogP contribution in [0.1, 0.15) is 24.8 Å². The zero-order valence-electron chi connectivity index (χ0n) is 10.9. The molecule has 18 heavy (non-hydrogen) atoms. The standard InChI is InChI=1S/C14H21N3O/c1-17(12-7-3-2-6-11(12)10-15)13-8-4-5-9-16-14(13)18/h2-3,6-7,13H,4-5,8-10,15H2,1H3,(H,16,18). The number of rotatable bonds is 3. The number of carbonyl (C=O) groups is 1. The molecule has 4 heteroatoms. The van der Waals surface area contributed by atoms with Crippen molar-refractivity contribution in [2.24, 2.45) is 5.73 Å². The van der Waals surface area contributed by atoms with Gasteiger partial charge >= 0.3 is 0 Å². The Balaban J connectivity index is 2.23. The number of para-hydroxylation sites is 1. The van der Waals surface area contributed by atoms with Crippen molar-refractivity contribution in [2.45, 2.75) is 31.8 Å². The van der Waals surface area contributed by atoms with E-state index in [1.165, 1.54) is 0 Å². The van der Waals surface area contributed by atoms with E-state index < -0.39 is 0 Å². The molecule has 0 bridgehead atoms. The molecule has 3 N–H and O–H groups in total. The first-order chi connectivity index (χ1) is 8.74. The molecule has 1 aromatic rings. The van der Waals surface area contributed by atoms with Gasteiger partial charge in [-0.2, -0.15) is 0 Å².